The van der Waals surface area contributed by atoms with Gasteiger partial charge in [0.1, 0.15) is 0 Å². The van der Waals surface area contributed by atoms with Gasteiger partial charge < -0.3 is 15.4 Å². The molecular weight excluding hydrogens is 425 g/mol. The van der Waals surface area contributed by atoms with Crippen LogP contribution in [0, 0.1) is 0 Å². The average molecular weight is 445 g/mol. The lowest BCUT2D eigenvalue weighted by Gasteiger charge is -2.11. The molecule has 2 N–H and O–H groups in total. The Morgan fingerprint density at radius 3 is 2.43 bits per heavy atom. The van der Waals surface area contributed by atoms with Crippen LogP contribution >= 0.6 is 35.3 Å². The van der Waals surface area contributed by atoms with Gasteiger partial charge in [-0.05, 0) is 29.1 Å². The standard InChI is InChI=1S/C16H19N3O2S.HI/c1-17-16(19-11-14-4-3-9-22-14)18-10-12-5-7-13(8-6-12)15(20)21-2;/h3-9H,10-11H2,1-2H3,(H2,17,18,19);1H. The van der Waals surface area contributed by atoms with Crippen LogP contribution in [-0.2, 0) is 17.8 Å². The van der Waals surface area contributed by atoms with E-state index in [-0.39, 0.29) is 29.9 Å². The van der Waals surface area contributed by atoms with Gasteiger partial charge in [0.05, 0.1) is 19.2 Å². The third-order valence-electron chi connectivity index (χ3n) is 3.07. The first-order valence-electron chi connectivity index (χ1n) is 6.87. The highest BCUT2D eigenvalue weighted by Gasteiger charge is 2.04. The van der Waals surface area contributed by atoms with Crippen molar-refractivity contribution in [2.24, 2.45) is 4.99 Å². The highest BCUT2D eigenvalue weighted by atomic mass is 127. The zero-order valence-corrected chi connectivity index (χ0v) is 16.2. The number of rotatable bonds is 5. The minimum atomic E-state index is -0.326. The molecule has 2 rings (SSSR count). The summed E-state index contributed by atoms with van der Waals surface area (Å²) >= 11 is 1.71. The van der Waals surface area contributed by atoms with E-state index in [2.05, 4.69) is 31.8 Å². The van der Waals surface area contributed by atoms with E-state index < -0.39 is 0 Å². The molecule has 0 aliphatic heterocycles. The number of hydrogen-bond acceptors (Lipinski definition) is 4. The highest BCUT2D eigenvalue weighted by Crippen LogP contribution is 2.07. The van der Waals surface area contributed by atoms with E-state index in [4.69, 9.17) is 0 Å². The van der Waals surface area contributed by atoms with Gasteiger partial charge in [0.25, 0.3) is 0 Å². The topological polar surface area (TPSA) is 62.7 Å². The summed E-state index contributed by atoms with van der Waals surface area (Å²) in [4.78, 5) is 16.8. The van der Waals surface area contributed by atoms with Crippen molar-refractivity contribution in [1.29, 1.82) is 0 Å². The van der Waals surface area contributed by atoms with Gasteiger partial charge in [-0.25, -0.2) is 4.79 Å². The minimum absolute atomic E-state index is 0. The first-order chi connectivity index (χ1) is 10.7. The molecular formula is C16H20IN3O2S. The van der Waals surface area contributed by atoms with Crippen LogP contribution in [-0.4, -0.2) is 26.1 Å². The number of guanidine groups is 1. The number of nitrogens with one attached hydrogen (secondary N) is 2. The maximum Gasteiger partial charge on any atom is 0.337 e. The quantitative estimate of drug-likeness (QED) is 0.322. The normalized spacial score (nSPS) is 10.6. The van der Waals surface area contributed by atoms with Crippen molar-refractivity contribution in [2.45, 2.75) is 13.1 Å². The average Bonchev–Trinajstić information content (AvgIpc) is 3.08. The largest absolute Gasteiger partial charge is 0.465 e. The zero-order chi connectivity index (χ0) is 15.8. The Morgan fingerprint density at radius 1 is 1.17 bits per heavy atom. The molecule has 23 heavy (non-hydrogen) atoms. The Balaban J connectivity index is 0.00000264. The van der Waals surface area contributed by atoms with Gasteiger partial charge in [0.2, 0.25) is 0 Å². The number of ether oxygens (including phenoxy) is 1. The summed E-state index contributed by atoms with van der Waals surface area (Å²) in [5, 5.41) is 8.55. The minimum Gasteiger partial charge on any atom is -0.465 e. The van der Waals surface area contributed by atoms with Gasteiger partial charge in [0.15, 0.2) is 5.96 Å². The molecule has 2 aromatic rings. The Labute approximate surface area is 157 Å². The lowest BCUT2D eigenvalue weighted by atomic mass is 10.1. The number of carbonyl (C=O) groups is 1. The first kappa shape index (κ1) is 19.4. The molecule has 0 bridgehead atoms. The van der Waals surface area contributed by atoms with Crippen molar-refractivity contribution >= 4 is 47.2 Å². The first-order valence-corrected chi connectivity index (χ1v) is 7.75. The van der Waals surface area contributed by atoms with E-state index in [0.717, 1.165) is 18.1 Å². The summed E-state index contributed by atoms with van der Waals surface area (Å²) in [6, 6.07) is 11.4. The molecule has 0 radical (unpaired) electrons. The van der Waals surface area contributed by atoms with Crippen molar-refractivity contribution in [3.05, 3.63) is 57.8 Å². The second kappa shape index (κ2) is 10.2. The number of methoxy groups -OCH3 is 1. The Kier molecular flexibility index (Phi) is 8.64. The SMILES string of the molecule is CN=C(NCc1ccc(C(=O)OC)cc1)NCc1cccs1.I. The van der Waals surface area contributed by atoms with Crippen molar-refractivity contribution in [2.75, 3.05) is 14.2 Å². The number of hydrogen-bond donors (Lipinski definition) is 2. The molecule has 5 nitrogen and oxygen atoms in total. The lowest BCUT2D eigenvalue weighted by molar-refractivity contribution is 0.0600. The molecule has 0 amide bonds. The molecule has 0 spiro atoms. The predicted octanol–water partition coefficient (Wildman–Crippen LogP) is 3.02. The van der Waals surface area contributed by atoms with Crippen molar-refractivity contribution in [1.82, 2.24) is 10.6 Å². The van der Waals surface area contributed by atoms with E-state index in [1.165, 1.54) is 12.0 Å². The zero-order valence-electron chi connectivity index (χ0n) is 13.0. The molecule has 0 atom stereocenters. The van der Waals surface area contributed by atoms with Gasteiger partial charge >= 0.3 is 5.97 Å². The Morgan fingerprint density at radius 2 is 1.87 bits per heavy atom. The molecule has 1 heterocycles. The predicted molar refractivity (Wildman–Crippen MR) is 105 cm³/mol. The Hall–Kier alpha value is -1.61. The van der Waals surface area contributed by atoms with Crippen molar-refractivity contribution in [3.8, 4) is 0 Å². The Bertz CT molecular complexity index is 627. The molecule has 0 unspecified atom stereocenters. The molecule has 0 fully saturated rings. The van der Waals surface area contributed by atoms with E-state index in [9.17, 15) is 4.79 Å². The number of aliphatic imine (C=N–C) groups is 1. The molecule has 0 aliphatic rings. The highest BCUT2D eigenvalue weighted by molar-refractivity contribution is 14.0. The third-order valence-corrected chi connectivity index (χ3v) is 3.95. The van der Waals surface area contributed by atoms with E-state index in [0.29, 0.717) is 12.1 Å². The molecule has 0 aliphatic carbocycles. The molecule has 0 saturated heterocycles. The van der Waals surface area contributed by atoms with Gasteiger partial charge in [0, 0.05) is 18.5 Å². The number of halogens is 1. The molecule has 1 aromatic carbocycles. The molecule has 124 valence electrons. The summed E-state index contributed by atoms with van der Waals surface area (Å²) in [6.07, 6.45) is 0. The monoisotopic (exact) mass is 445 g/mol. The summed E-state index contributed by atoms with van der Waals surface area (Å²) in [5.74, 6) is 0.415. The summed E-state index contributed by atoms with van der Waals surface area (Å²) in [7, 11) is 3.12. The van der Waals surface area contributed by atoms with Crippen LogP contribution in [0.5, 0.6) is 0 Å². The summed E-state index contributed by atoms with van der Waals surface area (Å²) in [6.45, 7) is 1.38. The van der Waals surface area contributed by atoms with E-state index in [1.807, 2.05) is 18.2 Å². The molecule has 0 saturated carbocycles. The van der Waals surface area contributed by atoms with Crippen LogP contribution in [0.3, 0.4) is 0 Å². The van der Waals surface area contributed by atoms with Crippen LogP contribution in [0.25, 0.3) is 0 Å². The van der Waals surface area contributed by atoms with Crippen LogP contribution in [0.4, 0.5) is 0 Å². The smallest absolute Gasteiger partial charge is 0.337 e. The molecule has 1 aromatic heterocycles. The second-order valence-electron chi connectivity index (χ2n) is 4.55. The van der Waals surface area contributed by atoms with Crippen LogP contribution in [0.2, 0.25) is 0 Å². The fraction of sp³-hybridized carbons (Fsp3) is 0.250. The van der Waals surface area contributed by atoms with Crippen LogP contribution in [0.1, 0.15) is 20.8 Å². The molecule has 7 heteroatoms. The number of thiophene rings is 1. The van der Waals surface area contributed by atoms with Crippen molar-refractivity contribution < 1.29 is 9.53 Å². The number of carbonyl (C=O) groups excluding carboxylic acids is 1. The van der Waals surface area contributed by atoms with Gasteiger partial charge in [-0.1, -0.05) is 18.2 Å². The lowest BCUT2D eigenvalue weighted by Crippen LogP contribution is -2.36. The fourth-order valence-corrected chi connectivity index (χ4v) is 2.51. The maximum atomic E-state index is 11.4. The number of esters is 1. The third kappa shape index (κ3) is 6.19. The van der Waals surface area contributed by atoms with Gasteiger partial charge in [-0.2, -0.15) is 0 Å². The van der Waals surface area contributed by atoms with Crippen LogP contribution < -0.4 is 10.6 Å². The van der Waals surface area contributed by atoms with E-state index in [1.54, 1.807) is 30.5 Å². The van der Waals surface area contributed by atoms with Gasteiger partial charge in [-0.3, -0.25) is 4.99 Å². The summed E-state index contributed by atoms with van der Waals surface area (Å²) in [5.41, 5.74) is 1.61. The van der Waals surface area contributed by atoms with Gasteiger partial charge in [-0.15, -0.1) is 35.3 Å². The van der Waals surface area contributed by atoms with Crippen LogP contribution in [0.15, 0.2) is 46.8 Å². The maximum absolute atomic E-state index is 11.4. The summed E-state index contributed by atoms with van der Waals surface area (Å²) < 4.78 is 4.68. The number of nitrogens with zero attached hydrogens (tertiary/aromatic N) is 1. The second-order valence-corrected chi connectivity index (χ2v) is 5.58. The fourth-order valence-electron chi connectivity index (χ4n) is 1.87. The number of benzene rings is 1. The van der Waals surface area contributed by atoms with Crippen molar-refractivity contribution in [3.63, 3.8) is 0 Å². The van der Waals surface area contributed by atoms with E-state index >= 15 is 0 Å².